The largest absolute Gasteiger partial charge is 0.347 e. The molecule has 0 bridgehead atoms. The van der Waals surface area contributed by atoms with Crippen LogP contribution in [0.15, 0.2) is 84.2 Å². The number of carbonyl (C=O) groups excluding carboxylic acids is 1. The van der Waals surface area contributed by atoms with Crippen LogP contribution in [-0.4, -0.2) is 15.8 Å². The summed E-state index contributed by atoms with van der Waals surface area (Å²) < 4.78 is 13.3. The Morgan fingerprint density at radius 2 is 1.64 bits per heavy atom. The van der Waals surface area contributed by atoms with Gasteiger partial charge in [-0.1, -0.05) is 66.2 Å². The molecule has 7 heteroatoms. The highest BCUT2D eigenvalue weighted by Gasteiger charge is 2.15. The van der Waals surface area contributed by atoms with E-state index in [4.69, 9.17) is 11.6 Å². The zero-order chi connectivity index (χ0) is 23.0. The van der Waals surface area contributed by atoms with Crippen molar-refractivity contribution in [1.29, 1.82) is 0 Å². The molecule has 4 nitrogen and oxygen atoms in total. The van der Waals surface area contributed by atoms with Crippen molar-refractivity contribution >= 4 is 28.8 Å². The van der Waals surface area contributed by atoms with Crippen molar-refractivity contribution in [2.45, 2.75) is 26.2 Å². The van der Waals surface area contributed by atoms with Crippen LogP contribution >= 0.6 is 22.9 Å². The van der Waals surface area contributed by atoms with Gasteiger partial charge in [0.05, 0.1) is 6.54 Å². The molecule has 4 aromatic rings. The number of hydrogen-bond acceptors (Lipinski definition) is 4. The Labute approximate surface area is 201 Å². The van der Waals surface area contributed by atoms with E-state index in [1.165, 1.54) is 23.5 Å². The Kier molecular flexibility index (Phi) is 7.83. The number of benzene rings is 3. The molecule has 0 aliphatic rings. The van der Waals surface area contributed by atoms with E-state index >= 15 is 0 Å². The molecular formula is C26H23ClFN3OS. The monoisotopic (exact) mass is 479 g/mol. The van der Waals surface area contributed by atoms with Crippen LogP contribution < -0.4 is 5.32 Å². The molecule has 0 saturated carbocycles. The van der Waals surface area contributed by atoms with Gasteiger partial charge < -0.3 is 5.32 Å². The molecule has 0 saturated heterocycles. The Morgan fingerprint density at radius 3 is 2.39 bits per heavy atom. The number of rotatable bonds is 9. The highest BCUT2D eigenvalue weighted by atomic mass is 35.5. The first-order valence-electron chi connectivity index (χ1n) is 10.5. The highest BCUT2D eigenvalue weighted by molar-refractivity contribution is 7.09. The summed E-state index contributed by atoms with van der Waals surface area (Å²) in [5.74, 6) is -0.451. The van der Waals surface area contributed by atoms with Gasteiger partial charge in [-0.3, -0.25) is 9.69 Å². The average Bonchev–Trinajstić information content (AvgIpc) is 3.28. The molecular weight excluding hydrogens is 457 g/mol. The second-order valence-corrected chi connectivity index (χ2v) is 9.08. The summed E-state index contributed by atoms with van der Waals surface area (Å²) in [6.07, 6.45) is 0. The standard InChI is InChI=1S/C26H23ClFN3OS/c27-22-8-4-7-21(13-22)16-31(15-20-9-11-23(28)12-10-20)17-25-30-24(18-33-25)26(32)29-14-19-5-2-1-3-6-19/h1-13,18H,14-17H2,(H,29,32). The molecule has 1 aromatic heterocycles. The minimum Gasteiger partial charge on any atom is -0.347 e. The molecule has 0 radical (unpaired) electrons. The number of aromatic nitrogens is 1. The lowest BCUT2D eigenvalue weighted by atomic mass is 10.1. The van der Waals surface area contributed by atoms with Gasteiger partial charge in [0.2, 0.25) is 0 Å². The van der Waals surface area contributed by atoms with Gasteiger partial charge >= 0.3 is 0 Å². The predicted octanol–water partition coefficient (Wildman–Crippen LogP) is 6.07. The molecule has 1 N–H and O–H groups in total. The van der Waals surface area contributed by atoms with E-state index in [2.05, 4.69) is 15.2 Å². The van der Waals surface area contributed by atoms with E-state index in [-0.39, 0.29) is 11.7 Å². The lowest BCUT2D eigenvalue weighted by Gasteiger charge is -2.21. The Hall–Kier alpha value is -3.06. The first kappa shape index (κ1) is 23.1. The Balaban J connectivity index is 1.44. The summed E-state index contributed by atoms with van der Waals surface area (Å²) in [7, 11) is 0. The van der Waals surface area contributed by atoms with Crippen LogP contribution in [0.25, 0.3) is 0 Å². The highest BCUT2D eigenvalue weighted by Crippen LogP contribution is 2.19. The molecule has 3 aromatic carbocycles. The Morgan fingerprint density at radius 1 is 0.909 bits per heavy atom. The lowest BCUT2D eigenvalue weighted by Crippen LogP contribution is -2.24. The van der Waals surface area contributed by atoms with E-state index in [0.717, 1.165) is 21.7 Å². The van der Waals surface area contributed by atoms with Gasteiger partial charge in [0.1, 0.15) is 16.5 Å². The van der Waals surface area contributed by atoms with Gasteiger partial charge in [-0.25, -0.2) is 9.37 Å². The second kappa shape index (κ2) is 11.2. The van der Waals surface area contributed by atoms with Crippen molar-refractivity contribution in [3.05, 3.63) is 122 Å². The molecule has 0 unspecified atom stereocenters. The summed E-state index contributed by atoms with van der Waals surface area (Å²) >= 11 is 7.62. The van der Waals surface area contributed by atoms with Crippen molar-refractivity contribution in [1.82, 2.24) is 15.2 Å². The van der Waals surface area contributed by atoms with Gasteiger partial charge in [0, 0.05) is 30.0 Å². The molecule has 0 fully saturated rings. The first-order valence-corrected chi connectivity index (χ1v) is 11.8. The van der Waals surface area contributed by atoms with Gasteiger partial charge in [0.15, 0.2) is 0 Å². The van der Waals surface area contributed by atoms with E-state index < -0.39 is 0 Å². The third kappa shape index (κ3) is 6.96. The van der Waals surface area contributed by atoms with E-state index in [1.54, 1.807) is 17.5 Å². The fraction of sp³-hybridized carbons (Fsp3) is 0.154. The molecule has 0 aliphatic heterocycles. The topological polar surface area (TPSA) is 45.2 Å². The normalized spacial score (nSPS) is 11.0. The summed E-state index contributed by atoms with van der Waals surface area (Å²) in [6.45, 7) is 2.27. The first-order chi connectivity index (χ1) is 16.0. The molecule has 33 heavy (non-hydrogen) atoms. The molecule has 0 spiro atoms. The fourth-order valence-electron chi connectivity index (χ4n) is 3.46. The predicted molar refractivity (Wildman–Crippen MR) is 131 cm³/mol. The minimum absolute atomic E-state index is 0.193. The van der Waals surface area contributed by atoms with Crippen molar-refractivity contribution < 1.29 is 9.18 Å². The van der Waals surface area contributed by atoms with Gasteiger partial charge in [-0.2, -0.15) is 0 Å². The quantitative estimate of drug-likeness (QED) is 0.317. The minimum atomic E-state index is -0.258. The molecule has 0 atom stereocenters. The molecule has 168 valence electrons. The second-order valence-electron chi connectivity index (χ2n) is 7.70. The molecule has 4 rings (SSSR count). The zero-order valence-corrected chi connectivity index (χ0v) is 19.5. The van der Waals surface area contributed by atoms with Gasteiger partial charge in [-0.15, -0.1) is 11.3 Å². The number of hydrogen-bond donors (Lipinski definition) is 1. The average molecular weight is 480 g/mol. The summed E-state index contributed by atoms with van der Waals surface area (Å²) in [5, 5.41) is 6.22. The van der Waals surface area contributed by atoms with Crippen molar-refractivity contribution in [3.8, 4) is 0 Å². The Bertz CT molecular complexity index is 1200. The molecule has 0 aliphatic carbocycles. The van der Waals surface area contributed by atoms with E-state index in [9.17, 15) is 9.18 Å². The zero-order valence-electron chi connectivity index (χ0n) is 17.9. The maximum Gasteiger partial charge on any atom is 0.271 e. The van der Waals surface area contributed by atoms with Gasteiger partial charge in [0.25, 0.3) is 5.91 Å². The van der Waals surface area contributed by atoms with E-state index in [0.29, 0.717) is 36.9 Å². The maximum absolute atomic E-state index is 13.3. The van der Waals surface area contributed by atoms with Crippen LogP contribution in [0.3, 0.4) is 0 Å². The maximum atomic E-state index is 13.3. The van der Waals surface area contributed by atoms with Crippen LogP contribution in [0.5, 0.6) is 0 Å². The smallest absolute Gasteiger partial charge is 0.271 e. The van der Waals surface area contributed by atoms with Crippen molar-refractivity contribution in [2.24, 2.45) is 0 Å². The number of halogens is 2. The van der Waals surface area contributed by atoms with Gasteiger partial charge in [-0.05, 0) is 41.0 Å². The van der Waals surface area contributed by atoms with Crippen LogP contribution in [-0.2, 0) is 26.2 Å². The van der Waals surface area contributed by atoms with Crippen molar-refractivity contribution in [2.75, 3.05) is 0 Å². The number of nitrogens with zero attached hydrogens (tertiary/aromatic N) is 2. The van der Waals surface area contributed by atoms with Crippen LogP contribution in [0, 0.1) is 5.82 Å². The lowest BCUT2D eigenvalue weighted by molar-refractivity contribution is 0.0946. The summed E-state index contributed by atoms with van der Waals surface area (Å²) in [4.78, 5) is 19.3. The number of thiazole rings is 1. The fourth-order valence-corrected chi connectivity index (χ4v) is 4.49. The van der Waals surface area contributed by atoms with Crippen LogP contribution in [0.2, 0.25) is 5.02 Å². The van der Waals surface area contributed by atoms with Crippen molar-refractivity contribution in [3.63, 3.8) is 0 Å². The SMILES string of the molecule is O=C(NCc1ccccc1)c1csc(CN(Cc2ccc(F)cc2)Cc2cccc(Cl)c2)n1. The summed E-state index contributed by atoms with van der Waals surface area (Å²) in [6, 6.07) is 24.0. The van der Waals surface area contributed by atoms with E-state index in [1.807, 2.05) is 54.6 Å². The van der Waals surface area contributed by atoms with Crippen LogP contribution in [0.4, 0.5) is 4.39 Å². The molecule has 1 heterocycles. The molecule has 1 amide bonds. The summed E-state index contributed by atoms with van der Waals surface area (Å²) in [5.41, 5.74) is 3.52. The number of nitrogens with one attached hydrogen (secondary N) is 1. The van der Waals surface area contributed by atoms with Crippen LogP contribution in [0.1, 0.15) is 32.2 Å². The third-order valence-electron chi connectivity index (χ3n) is 5.05. The number of amides is 1. The number of carbonyl (C=O) groups is 1. The third-order valence-corrected chi connectivity index (χ3v) is 6.12.